The highest BCUT2D eigenvalue weighted by molar-refractivity contribution is 7.89. The maximum Gasteiger partial charge on any atom is 0.317 e. The Morgan fingerprint density at radius 2 is 1.77 bits per heavy atom. The summed E-state index contributed by atoms with van der Waals surface area (Å²) in [7, 11) is -3.60. The van der Waals surface area contributed by atoms with Crippen molar-refractivity contribution in [2.75, 3.05) is 26.2 Å². The molecule has 2 fully saturated rings. The van der Waals surface area contributed by atoms with Crippen molar-refractivity contribution in [3.05, 3.63) is 28.8 Å². The lowest BCUT2D eigenvalue weighted by Gasteiger charge is -2.35. The summed E-state index contributed by atoms with van der Waals surface area (Å²) in [6.07, 6.45) is 5.64. The normalized spacial score (nSPS) is 20.2. The number of nitrogens with zero attached hydrogens (tertiary/aromatic N) is 2. The Morgan fingerprint density at radius 3 is 2.42 bits per heavy atom. The van der Waals surface area contributed by atoms with E-state index in [1.54, 1.807) is 30.0 Å². The molecule has 1 N–H and O–H groups in total. The van der Waals surface area contributed by atoms with Crippen molar-refractivity contribution in [3.63, 3.8) is 0 Å². The smallest absolute Gasteiger partial charge is 0.317 e. The SMILES string of the molecule is Cc1c(Cl)cccc1S(=O)(=O)N1CCN(C(=O)NC2CCCCC2)CC1. The number of carbonyl (C=O) groups is 1. The van der Waals surface area contributed by atoms with Gasteiger partial charge in [-0.2, -0.15) is 4.31 Å². The van der Waals surface area contributed by atoms with Crippen molar-refractivity contribution in [2.45, 2.75) is 50.0 Å². The van der Waals surface area contributed by atoms with Gasteiger partial charge in [-0.1, -0.05) is 36.9 Å². The van der Waals surface area contributed by atoms with Crippen LogP contribution in [0.25, 0.3) is 0 Å². The van der Waals surface area contributed by atoms with E-state index in [0.717, 1.165) is 25.7 Å². The van der Waals surface area contributed by atoms with Gasteiger partial charge in [0.05, 0.1) is 4.90 Å². The second-order valence-corrected chi connectivity index (χ2v) is 9.35. The molecule has 1 saturated carbocycles. The van der Waals surface area contributed by atoms with Crippen molar-refractivity contribution in [1.29, 1.82) is 0 Å². The average molecular weight is 400 g/mol. The molecule has 1 aromatic carbocycles. The first-order chi connectivity index (χ1) is 12.4. The highest BCUT2D eigenvalue weighted by Crippen LogP contribution is 2.26. The number of benzene rings is 1. The quantitative estimate of drug-likeness (QED) is 0.849. The van der Waals surface area contributed by atoms with E-state index in [0.29, 0.717) is 36.8 Å². The van der Waals surface area contributed by atoms with Gasteiger partial charge < -0.3 is 10.2 Å². The number of nitrogens with one attached hydrogen (secondary N) is 1. The number of carbonyl (C=O) groups excluding carboxylic acids is 1. The standard InChI is InChI=1S/C18H26ClN3O3S/c1-14-16(19)8-5-9-17(14)26(24,25)22-12-10-21(11-13-22)18(23)20-15-6-3-2-4-7-15/h5,8-9,15H,2-4,6-7,10-13H2,1H3,(H,20,23). The van der Waals surface area contributed by atoms with E-state index < -0.39 is 10.0 Å². The van der Waals surface area contributed by atoms with E-state index >= 15 is 0 Å². The first-order valence-corrected chi connectivity index (χ1v) is 11.0. The molecule has 8 heteroatoms. The Balaban J connectivity index is 1.60. The lowest BCUT2D eigenvalue weighted by molar-refractivity contribution is 0.166. The summed E-state index contributed by atoms with van der Waals surface area (Å²) in [5, 5.41) is 3.53. The summed E-state index contributed by atoms with van der Waals surface area (Å²) in [6.45, 7) is 3.11. The number of urea groups is 1. The Bertz CT molecular complexity index is 755. The van der Waals surface area contributed by atoms with Gasteiger partial charge in [0.15, 0.2) is 0 Å². The van der Waals surface area contributed by atoms with Gasteiger partial charge in [0.25, 0.3) is 0 Å². The molecular formula is C18H26ClN3O3S. The fraction of sp³-hybridized carbons (Fsp3) is 0.611. The van der Waals surface area contributed by atoms with Gasteiger partial charge in [0.1, 0.15) is 0 Å². The van der Waals surface area contributed by atoms with Crippen molar-refractivity contribution >= 4 is 27.7 Å². The fourth-order valence-corrected chi connectivity index (χ4v) is 5.55. The molecule has 0 aromatic heterocycles. The molecule has 144 valence electrons. The van der Waals surface area contributed by atoms with Crippen LogP contribution in [0.5, 0.6) is 0 Å². The molecule has 1 aliphatic heterocycles. The number of sulfonamides is 1. The predicted molar refractivity (Wildman–Crippen MR) is 102 cm³/mol. The largest absolute Gasteiger partial charge is 0.335 e. The van der Waals surface area contributed by atoms with E-state index in [-0.39, 0.29) is 17.0 Å². The third kappa shape index (κ3) is 4.15. The predicted octanol–water partition coefficient (Wildman–Crippen LogP) is 3.00. The van der Waals surface area contributed by atoms with Crippen LogP contribution < -0.4 is 5.32 Å². The van der Waals surface area contributed by atoms with Crippen molar-refractivity contribution in [1.82, 2.24) is 14.5 Å². The molecule has 3 rings (SSSR count). The van der Waals surface area contributed by atoms with Gasteiger partial charge in [-0.25, -0.2) is 13.2 Å². The van der Waals surface area contributed by atoms with Gasteiger partial charge in [0.2, 0.25) is 10.0 Å². The minimum atomic E-state index is -3.60. The van der Waals surface area contributed by atoms with Crippen molar-refractivity contribution < 1.29 is 13.2 Å². The molecule has 1 heterocycles. The summed E-state index contributed by atoms with van der Waals surface area (Å²) < 4.78 is 27.2. The maximum atomic E-state index is 12.9. The van der Waals surface area contributed by atoms with Crippen LogP contribution in [-0.4, -0.2) is 55.9 Å². The zero-order chi connectivity index (χ0) is 18.7. The fourth-order valence-electron chi connectivity index (χ4n) is 3.65. The van der Waals surface area contributed by atoms with E-state index in [2.05, 4.69) is 5.32 Å². The monoisotopic (exact) mass is 399 g/mol. The summed E-state index contributed by atoms with van der Waals surface area (Å²) in [6, 6.07) is 5.10. The van der Waals surface area contributed by atoms with Crippen LogP contribution in [0.1, 0.15) is 37.7 Å². The van der Waals surface area contributed by atoms with Crippen LogP contribution in [0, 0.1) is 6.92 Å². The van der Waals surface area contributed by atoms with Crippen molar-refractivity contribution in [3.8, 4) is 0 Å². The first-order valence-electron chi connectivity index (χ1n) is 9.20. The Morgan fingerprint density at radius 1 is 1.12 bits per heavy atom. The van der Waals surface area contributed by atoms with Crippen LogP contribution >= 0.6 is 11.6 Å². The molecular weight excluding hydrogens is 374 g/mol. The lowest BCUT2D eigenvalue weighted by atomic mass is 9.96. The van der Waals surface area contributed by atoms with Crippen LogP contribution in [0.2, 0.25) is 5.02 Å². The van der Waals surface area contributed by atoms with Gasteiger partial charge in [0, 0.05) is 37.2 Å². The number of piperazine rings is 1. The third-order valence-corrected chi connectivity index (χ3v) is 7.75. The minimum Gasteiger partial charge on any atom is -0.335 e. The van der Waals surface area contributed by atoms with Gasteiger partial charge in [-0.15, -0.1) is 0 Å². The second kappa shape index (κ2) is 8.15. The van der Waals surface area contributed by atoms with Gasteiger partial charge >= 0.3 is 6.03 Å². The van der Waals surface area contributed by atoms with E-state index in [1.807, 2.05) is 0 Å². The maximum absolute atomic E-state index is 12.9. The molecule has 1 aliphatic carbocycles. The number of halogens is 1. The Hall–Kier alpha value is -1.31. The minimum absolute atomic E-state index is 0.0760. The highest BCUT2D eigenvalue weighted by atomic mass is 35.5. The molecule has 0 bridgehead atoms. The number of hydrogen-bond donors (Lipinski definition) is 1. The number of rotatable bonds is 3. The van der Waals surface area contributed by atoms with Crippen molar-refractivity contribution in [2.24, 2.45) is 0 Å². The molecule has 2 amide bonds. The van der Waals surface area contributed by atoms with Gasteiger partial charge in [-0.3, -0.25) is 0 Å². The molecule has 1 saturated heterocycles. The summed E-state index contributed by atoms with van der Waals surface area (Å²) in [4.78, 5) is 14.4. The molecule has 6 nitrogen and oxygen atoms in total. The average Bonchev–Trinajstić information content (AvgIpc) is 2.64. The molecule has 1 aromatic rings. The molecule has 2 aliphatic rings. The zero-order valence-electron chi connectivity index (χ0n) is 15.1. The van der Waals surface area contributed by atoms with Crippen LogP contribution in [0.4, 0.5) is 4.79 Å². The molecule has 0 unspecified atom stereocenters. The number of hydrogen-bond acceptors (Lipinski definition) is 3. The molecule has 0 radical (unpaired) electrons. The lowest BCUT2D eigenvalue weighted by Crippen LogP contribution is -2.54. The first kappa shape index (κ1) is 19.5. The summed E-state index contributed by atoms with van der Waals surface area (Å²) in [5.41, 5.74) is 0.562. The molecule has 0 spiro atoms. The molecule has 0 atom stereocenters. The molecule has 26 heavy (non-hydrogen) atoms. The topological polar surface area (TPSA) is 69.7 Å². The van der Waals surface area contributed by atoms with Crippen LogP contribution in [0.15, 0.2) is 23.1 Å². The second-order valence-electron chi connectivity index (χ2n) is 7.04. The highest BCUT2D eigenvalue weighted by Gasteiger charge is 2.32. The van der Waals surface area contributed by atoms with E-state index in [4.69, 9.17) is 11.6 Å². The zero-order valence-corrected chi connectivity index (χ0v) is 16.7. The van der Waals surface area contributed by atoms with E-state index in [9.17, 15) is 13.2 Å². The number of amides is 2. The summed E-state index contributed by atoms with van der Waals surface area (Å²) >= 11 is 6.07. The summed E-state index contributed by atoms with van der Waals surface area (Å²) in [5.74, 6) is 0. The Labute approximate surface area is 160 Å². The third-order valence-electron chi connectivity index (χ3n) is 5.29. The Kier molecular flexibility index (Phi) is 6.10. The van der Waals surface area contributed by atoms with Crippen LogP contribution in [-0.2, 0) is 10.0 Å². The van der Waals surface area contributed by atoms with Gasteiger partial charge in [-0.05, 0) is 37.5 Å². The van der Waals surface area contributed by atoms with E-state index in [1.165, 1.54) is 10.7 Å². The van der Waals surface area contributed by atoms with Crippen LogP contribution in [0.3, 0.4) is 0 Å².